The highest BCUT2D eigenvalue weighted by Crippen LogP contribution is 2.30. The molecule has 0 bridgehead atoms. The van der Waals surface area contributed by atoms with E-state index in [9.17, 15) is 0 Å². The quantitative estimate of drug-likeness (QED) is 0.141. The minimum absolute atomic E-state index is 0.508. The van der Waals surface area contributed by atoms with Gasteiger partial charge in [0.05, 0.1) is 12.2 Å². The third-order valence-corrected chi connectivity index (χ3v) is 4.36. The Morgan fingerprint density at radius 3 is 2.18 bits per heavy atom. The van der Waals surface area contributed by atoms with Gasteiger partial charge in [0.2, 0.25) is 0 Å². The minimum Gasteiger partial charge on any atom is -0.369 e. The van der Waals surface area contributed by atoms with Crippen molar-refractivity contribution in [2.75, 3.05) is 0 Å². The molecule has 0 aromatic heterocycles. The van der Waals surface area contributed by atoms with Crippen molar-refractivity contribution in [3.63, 3.8) is 0 Å². The van der Waals surface area contributed by atoms with E-state index < -0.39 is 0 Å². The van der Waals surface area contributed by atoms with Crippen LogP contribution in [0, 0.1) is 0 Å². The van der Waals surface area contributed by atoms with Crippen LogP contribution in [0.15, 0.2) is 37.0 Å². The molecule has 22 heavy (non-hydrogen) atoms. The van der Waals surface area contributed by atoms with E-state index in [0.717, 1.165) is 12.8 Å². The van der Waals surface area contributed by atoms with E-state index in [1.165, 1.54) is 64.2 Å². The van der Waals surface area contributed by atoms with E-state index in [0.29, 0.717) is 12.2 Å². The molecular formula is C21H36O. The zero-order valence-electron chi connectivity index (χ0n) is 14.6. The first-order valence-electron chi connectivity index (χ1n) is 9.46. The lowest BCUT2D eigenvalue weighted by Crippen LogP contribution is -1.93. The van der Waals surface area contributed by atoms with Crippen LogP contribution in [0.3, 0.4) is 0 Å². The van der Waals surface area contributed by atoms with Crippen LogP contribution in [0.4, 0.5) is 0 Å². The zero-order chi connectivity index (χ0) is 15.9. The highest BCUT2D eigenvalue weighted by atomic mass is 16.6. The highest BCUT2D eigenvalue weighted by Gasteiger charge is 2.36. The van der Waals surface area contributed by atoms with Gasteiger partial charge in [-0.15, -0.1) is 0 Å². The second-order valence-corrected chi connectivity index (χ2v) is 6.44. The van der Waals surface area contributed by atoms with E-state index >= 15 is 0 Å². The Morgan fingerprint density at radius 2 is 1.50 bits per heavy atom. The maximum absolute atomic E-state index is 5.73. The molecule has 1 heteroatoms. The number of hydrogen-bond donors (Lipinski definition) is 0. The average Bonchev–Trinajstić information content (AvgIpc) is 3.27. The summed E-state index contributed by atoms with van der Waals surface area (Å²) >= 11 is 0. The predicted octanol–water partition coefficient (Wildman–Crippen LogP) is 6.75. The summed E-state index contributed by atoms with van der Waals surface area (Å²) in [4.78, 5) is 0. The molecule has 1 aliphatic rings. The molecule has 0 saturated carbocycles. The molecule has 1 heterocycles. The first-order chi connectivity index (χ1) is 10.9. The number of hydrogen-bond acceptors (Lipinski definition) is 1. The van der Waals surface area contributed by atoms with Crippen LogP contribution in [0.1, 0.15) is 84.0 Å². The summed E-state index contributed by atoms with van der Waals surface area (Å²) < 4.78 is 5.73. The summed E-state index contributed by atoms with van der Waals surface area (Å²) in [6.07, 6.45) is 27.5. The Labute approximate surface area is 138 Å². The Kier molecular flexibility index (Phi) is 12.1. The van der Waals surface area contributed by atoms with Crippen molar-refractivity contribution >= 4 is 0 Å². The van der Waals surface area contributed by atoms with E-state index in [-0.39, 0.29) is 0 Å². The Balaban J connectivity index is 1.82. The van der Waals surface area contributed by atoms with Gasteiger partial charge >= 0.3 is 0 Å². The fraction of sp³-hybridized carbons (Fsp3) is 0.714. The molecule has 1 fully saturated rings. The van der Waals surface area contributed by atoms with Crippen molar-refractivity contribution in [2.24, 2.45) is 0 Å². The monoisotopic (exact) mass is 304 g/mol. The SMILES string of the molecule is C=C/C=C\C/C=C\C[C@@H]1O[C@@H]1CCCCCCCCCCC. The fourth-order valence-corrected chi connectivity index (χ4v) is 2.88. The van der Waals surface area contributed by atoms with Crippen LogP contribution in [0.2, 0.25) is 0 Å². The van der Waals surface area contributed by atoms with Crippen LogP contribution in [0.5, 0.6) is 0 Å². The molecule has 1 rings (SSSR count). The van der Waals surface area contributed by atoms with Crippen LogP contribution >= 0.6 is 0 Å². The second-order valence-electron chi connectivity index (χ2n) is 6.44. The van der Waals surface area contributed by atoms with Gasteiger partial charge in [-0.25, -0.2) is 0 Å². The van der Waals surface area contributed by atoms with Crippen LogP contribution in [-0.2, 0) is 4.74 Å². The molecule has 0 aliphatic carbocycles. The maximum atomic E-state index is 5.73. The summed E-state index contributed by atoms with van der Waals surface area (Å²) in [5.74, 6) is 0. The second kappa shape index (κ2) is 13.8. The molecular weight excluding hydrogens is 268 g/mol. The molecule has 0 aromatic rings. The van der Waals surface area contributed by atoms with Crippen molar-refractivity contribution in [3.8, 4) is 0 Å². The van der Waals surface area contributed by atoms with Crippen LogP contribution < -0.4 is 0 Å². The van der Waals surface area contributed by atoms with Gasteiger partial charge in [-0.1, -0.05) is 102 Å². The molecule has 0 N–H and O–H groups in total. The normalized spacial score (nSPS) is 21.0. The first-order valence-corrected chi connectivity index (χ1v) is 9.46. The number of ether oxygens (including phenoxy) is 1. The van der Waals surface area contributed by atoms with Gasteiger partial charge in [-0.05, 0) is 19.3 Å². The molecule has 126 valence electrons. The van der Waals surface area contributed by atoms with E-state index in [2.05, 4.69) is 31.7 Å². The largest absolute Gasteiger partial charge is 0.369 e. The van der Waals surface area contributed by atoms with Gasteiger partial charge in [0.15, 0.2) is 0 Å². The topological polar surface area (TPSA) is 12.5 Å². The summed E-state index contributed by atoms with van der Waals surface area (Å²) in [6, 6.07) is 0. The Bertz CT molecular complexity index is 316. The lowest BCUT2D eigenvalue weighted by Gasteiger charge is -2.01. The van der Waals surface area contributed by atoms with Gasteiger partial charge in [0, 0.05) is 0 Å². The third-order valence-electron chi connectivity index (χ3n) is 4.36. The molecule has 0 unspecified atom stereocenters. The van der Waals surface area contributed by atoms with Crippen molar-refractivity contribution in [1.82, 2.24) is 0 Å². The van der Waals surface area contributed by atoms with Gasteiger partial charge in [0.1, 0.15) is 0 Å². The average molecular weight is 305 g/mol. The van der Waals surface area contributed by atoms with E-state index in [4.69, 9.17) is 4.74 Å². The van der Waals surface area contributed by atoms with Crippen LogP contribution in [0.25, 0.3) is 0 Å². The molecule has 0 amide bonds. The standard InChI is InChI=1S/C21H36O/c1-3-5-7-9-11-12-13-15-17-19-21-20(22-21)18-16-14-10-8-6-4-2/h4,6,8,14,16,20-21H,2-3,5,7,9-13,15,17-19H2,1H3/b8-6-,16-14-/t20-,21+/m0/s1. The summed E-state index contributed by atoms with van der Waals surface area (Å²) in [5.41, 5.74) is 0. The smallest absolute Gasteiger partial charge is 0.0876 e. The number of rotatable bonds is 15. The maximum Gasteiger partial charge on any atom is 0.0876 e. The van der Waals surface area contributed by atoms with Crippen molar-refractivity contribution in [3.05, 3.63) is 37.0 Å². The molecule has 0 aromatic carbocycles. The number of allylic oxidation sites excluding steroid dienone is 4. The first kappa shape index (κ1) is 19.2. The zero-order valence-corrected chi connectivity index (χ0v) is 14.6. The van der Waals surface area contributed by atoms with E-state index in [1.807, 2.05) is 12.2 Å². The lowest BCUT2D eigenvalue weighted by atomic mass is 10.0. The number of unbranched alkanes of at least 4 members (excludes halogenated alkanes) is 8. The van der Waals surface area contributed by atoms with E-state index in [1.54, 1.807) is 0 Å². The Morgan fingerprint density at radius 1 is 0.818 bits per heavy atom. The summed E-state index contributed by atoms with van der Waals surface area (Å²) in [5, 5.41) is 0. The fourth-order valence-electron chi connectivity index (χ4n) is 2.88. The van der Waals surface area contributed by atoms with Gasteiger partial charge in [-0.2, -0.15) is 0 Å². The predicted molar refractivity (Wildman–Crippen MR) is 98.2 cm³/mol. The molecule has 0 radical (unpaired) electrons. The molecule has 1 nitrogen and oxygen atoms in total. The lowest BCUT2D eigenvalue weighted by molar-refractivity contribution is 0.358. The molecule has 2 atom stereocenters. The van der Waals surface area contributed by atoms with Crippen molar-refractivity contribution in [1.29, 1.82) is 0 Å². The minimum atomic E-state index is 0.508. The number of epoxide rings is 1. The third kappa shape index (κ3) is 10.8. The molecule has 1 saturated heterocycles. The molecule has 0 spiro atoms. The van der Waals surface area contributed by atoms with Gasteiger partial charge < -0.3 is 4.74 Å². The highest BCUT2D eigenvalue weighted by molar-refractivity contribution is 5.02. The van der Waals surface area contributed by atoms with Gasteiger partial charge in [-0.3, -0.25) is 0 Å². The summed E-state index contributed by atoms with van der Waals surface area (Å²) in [6.45, 7) is 5.94. The molecule has 1 aliphatic heterocycles. The van der Waals surface area contributed by atoms with Crippen molar-refractivity contribution < 1.29 is 4.74 Å². The van der Waals surface area contributed by atoms with Gasteiger partial charge in [0.25, 0.3) is 0 Å². The van der Waals surface area contributed by atoms with Crippen LogP contribution in [-0.4, -0.2) is 12.2 Å². The Hall–Kier alpha value is -0.820. The van der Waals surface area contributed by atoms with Crippen molar-refractivity contribution in [2.45, 2.75) is 96.2 Å². The summed E-state index contributed by atoms with van der Waals surface area (Å²) in [7, 11) is 0.